The summed E-state index contributed by atoms with van der Waals surface area (Å²) in [5.74, 6) is 0.606. The van der Waals surface area contributed by atoms with Crippen LogP contribution in [0.3, 0.4) is 0 Å². The molecule has 2 rings (SSSR count). The summed E-state index contributed by atoms with van der Waals surface area (Å²) in [5.41, 5.74) is -0.536. The smallest absolute Gasteiger partial charge is 0.107 e. The van der Waals surface area contributed by atoms with E-state index in [1.807, 2.05) is 17.5 Å². The first-order chi connectivity index (χ1) is 7.72. The molecule has 1 heterocycles. The SMILES string of the molecule is CCC1CCC(C#N)(C(O)c2cccs2)C1. The number of aliphatic hydroxyl groups excluding tert-OH is 1. The van der Waals surface area contributed by atoms with Gasteiger partial charge in [0.05, 0.1) is 11.5 Å². The van der Waals surface area contributed by atoms with Crippen LogP contribution in [0.4, 0.5) is 0 Å². The molecule has 0 spiro atoms. The van der Waals surface area contributed by atoms with Gasteiger partial charge in [0.15, 0.2) is 0 Å². The van der Waals surface area contributed by atoms with E-state index in [2.05, 4.69) is 13.0 Å². The van der Waals surface area contributed by atoms with E-state index in [9.17, 15) is 10.4 Å². The first-order valence-corrected chi connectivity index (χ1v) is 6.72. The van der Waals surface area contributed by atoms with Crippen molar-refractivity contribution in [1.82, 2.24) is 0 Å². The third-order valence-corrected chi connectivity index (χ3v) is 4.71. The molecule has 2 nitrogen and oxygen atoms in total. The van der Waals surface area contributed by atoms with Crippen LogP contribution < -0.4 is 0 Å². The zero-order chi connectivity index (χ0) is 11.6. The van der Waals surface area contributed by atoms with Crippen molar-refractivity contribution in [2.75, 3.05) is 0 Å². The van der Waals surface area contributed by atoms with Crippen LogP contribution in [-0.2, 0) is 0 Å². The Bertz CT molecular complexity index is 381. The van der Waals surface area contributed by atoms with Gasteiger partial charge >= 0.3 is 0 Å². The molecule has 3 heteroatoms. The van der Waals surface area contributed by atoms with Crippen molar-refractivity contribution in [2.24, 2.45) is 11.3 Å². The molecule has 86 valence electrons. The van der Waals surface area contributed by atoms with E-state index in [0.29, 0.717) is 5.92 Å². The van der Waals surface area contributed by atoms with Gasteiger partial charge in [0.25, 0.3) is 0 Å². The number of hydrogen-bond acceptors (Lipinski definition) is 3. The molecule has 3 atom stereocenters. The summed E-state index contributed by atoms with van der Waals surface area (Å²) in [6, 6.07) is 6.24. The summed E-state index contributed by atoms with van der Waals surface area (Å²) in [6.45, 7) is 2.16. The Labute approximate surface area is 101 Å². The Balaban J connectivity index is 2.20. The van der Waals surface area contributed by atoms with E-state index in [0.717, 1.165) is 30.6 Å². The van der Waals surface area contributed by atoms with Crippen LogP contribution in [0.1, 0.15) is 43.6 Å². The summed E-state index contributed by atoms with van der Waals surface area (Å²) in [7, 11) is 0. The second-order valence-electron chi connectivity index (χ2n) is 4.70. The highest BCUT2D eigenvalue weighted by Crippen LogP contribution is 2.51. The monoisotopic (exact) mass is 235 g/mol. The van der Waals surface area contributed by atoms with Gasteiger partial charge in [-0.2, -0.15) is 5.26 Å². The summed E-state index contributed by atoms with van der Waals surface area (Å²) in [6.07, 6.45) is 3.27. The Hall–Kier alpha value is -0.850. The van der Waals surface area contributed by atoms with Gasteiger partial charge in [0.1, 0.15) is 6.10 Å². The van der Waals surface area contributed by atoms with Crippen LogP contribution >= 0.6 is 11.3 Å². The molecule has 0 bridgehead atoms. The van der Waals surface area contributed by atoms with Crippen LogP contribution in [0, 0.1) is 22.7 Å². The number of rotatable bonds is 3. The lowest BCUT2D eigenvalue weighted by molar-refractivity contribution is 0.0672. The second-order valence-corrected chi connectivity index (χ2v) is 5.68. The van der Waals surface area contributed by atoms with Crippen molar-refractivity contribution in [3.05, 3.63) is 22.4 Å². The fourth-order valence-corrected chi connectivity index (χ4v) is 3.49. The van der Waals surface area contributed by atoms with E-state index in [4.69, 9.17) is 0 Å². The molecule has 1 aromatic heterocycles. The minimum atomic E-state index is -0.603. The average Bonchev–Trinajstić information content (AvgIpc) is 2.98. The van der Waals surface area contributed by atoms with Gasteiger partial charge in [0.2, 0.25) is 0 Å². The predicted octanol–water partition coefficient (Wildman–Crippen LogP) is 3.50. The topological polar surface area (TPSA) is 44.0 Å². The Morgan fingerprint density at radius 2 is 2.56 bits per heavy atom. The first kappa shape index (κ1) is 11.6. The number of hydrogen-bond donors (Lipinski definition) is 1. The normalized spacial score (nSPS) is 31.2. The Kier molecular flexibility index (Phi) is 3.32. The van der Waals surface area contributed by atoms with E-state index in [1.165, 1.54) is 11.3 Å². The highest BCUT2D eigenvalue weighted by atomic mass is 32.1. The summed E-state index contributed by atoms with van der Waals surface area (Å²) in [4.78, 5) is 0.929. The Morgan fingerprint density at radius 3 is 3.06 bits per heavy atom. The van der Waals surface area contributed by atoms with Crippen molar-refractivity contribution in [2.45, 2.75) is 38.7 Å². The maximum atomic E-state index is 10.4. The molecule has 0 amide bonds. The number of aliphatic hydroxyl groups is 1. The van der Waals surface area contributed by atoms with Gasteiger partial charge in [-0.3, -0.25) is 0 Å². The molecule has 1 fully saturated rings. The van der Waals surface area contributed by atoms with Gasteiger partial charge in [-0.25, -0.2) is 0 Å². The molecule has 0 aliphatic heterocycles. The van der Waals surface area contributed by atoms with Crippen LogP contribution in [-0.4, -0.2) is 5.11 Å². The van der Waals surface area contributed by atoms with Crippen LogP contribution in [0.2, 0.25) is 0 Å². The van der Waals surface area contributed by atoms with Gasteiger partial charge in [0, 0.05) is 4.88 Å². The van der Waals surface area contributed by atoms with Crippen molar-refractivity contribution >= 4 is 11.3 Å². The predicted molar refractivity (Wildman–Crippen MR) is 65.0 cm³/mol. The van der Waals surface area contributed by atoms with Gasteiger partial charge in [-0.05, 0) is 36.6 Å². The summed E-state index contributed by atoms with van der Waals surface area (Å²) < 4.78 is 0. The molecule has 1 aliphatic rings. The first-order valence-electron chi connectivity index (χ1n) is 5.84. The molecule has 0 saturated heterocycles. The van der Waals surface area contributed by atoms with Crippen molar-refractivity contribution in [3.8, 4) is 6.07 Å². The Morgan fingerprint density at radius 1 is 1.75 bits per heavy atom. The zero-order valence-electron chi connectivity index (χ0n) is 9.52. The van der Waals surface area contributed by atoms with Crippen molar-refractivity contribution in [1.29, 1.82) is 5.26 Å². The highest BCUT2D eigenvalue weighted by Gasteiger charge is 2.45. The molecular formula is C13H17NOS. The van der Waals surface area contributed by atoms with Crippen LogP contribution in [0.25, 0.3) is 0 Å². The largest absolute Gasteiger partial charge is 0.386 e. The molecule has 0 radical (unpaired) electrons. The third kappa shape index (κ3) is 1.88. The maximum Gasteiger partial charge on any atom is 0.107 e. The molecule has 1 saturated carbocycles. The fourth-order valence-electron chi connectivity index (χ4n) is 2.66. The highest BCUT2D eigenvalue weighted by molar-refractivity contribution is 7.10. The molecule has 16 heavy (non-hydrogen) atoms. The van der Waals surface area contributed by atoms with Crippen molar-refractivity contribution < 1.29 is 5.11 Å². The van der Waals surface area contributed by atoms with Crippen LogP contribution in [0.15, 0.2) is 17.5 Å². The lowest BCUT2D eigenvalue weighted by Gasteiger charge is -2.26. The third-order valence-electron chi connectivity index (χ3n) is 3.79. The van der Waals surface area contributed by atoms with Crippen molar-refractivity contribution in [3.63, 3.8) is 0 Å². The number of thiophene rings is 1. The standard InChI is InChI=1S/C13H17NOS/c1-2-10-5-6-13(8-10,9-14)12(15)11-4-3-7-16-11/h3-4,7,10,12,15H,2,5-6,8H2,1H3. The van der Waals surface area contributed by atoms with E-state index >= 15 is 0 Å². The quantitative estimate of drug-likeness (QED) is 0.871. The van der Waals surface area contributed by atoms with E-state index < -0.39 is 11.5 Å². The second kappa shape index (κ2) is 4.57. The zero-order valence-corrected chi connectivity index (χ0v) is 10.3. The lowest BCUT2D eigenvalue weighted by atomic mass is 9.80. The average molecular weight is 235 g/mol. The number of nitriles is 1. The lowest BCUT2D eigenvalue weighted by Crippen LogP contribution is -2.23. The molecule has 1 N–H and O–H groups in total. The summed E-state index contributed by atoms with van der Waals surface area (Å²) in [5, 5.41) is 21.7. The number of nitrogens with zero attached hydrogens (tertiary/aromatic N) is 1. The van der Waals surface area contributed by atoms with E-state index in [-0.39, 0.29) is 0 Å². The van der Waals surface area contributed by atoms with Crippen LogP contribution in [0.5, 0.6) is 0 Å². The maximum absolute atomic E-state index is 10.4. The molecule has 1 aromatic rings. The van der Waals surface area contributed by atoms with Gasteiger partial charge in [-0.1, -0.05) is 19.4 Å². The minimum Gasteiger partial charge on any atom is -0.386 e. The van der Waals surface area contributed by atoms with Gasteiger partial charge < -0.3 is 5.11 Å². The molecule has 1 aliphatic carbocycles. The van der Waals surface area contributed by atoms with Gasteiger partial charge in [-0.15, -0.1) is 11.3 Å². The molecular weight excluding hydrogens is 218 g/mol. The van der Waals surface area contributed by atoms with E-state index in [1.54, 1.807) is 0 Å². The molecule has 0 aromatic carbocycles. The fraction of sp³-hybridized carbons (Fsp3) is 0.615. The molecule has 3 unspecified atom stereocenters. The summed E-state index contributed by atoms with van der Waals surface area (Å²) >= 11 is 1.54. The minimum absolute atomic E-state index is 0.536.